The van der Waals surface area contributed by atoms with Crippen LogP contribution in [-0.2, 0) is 4.79 Å². The van der Waals surface area contributed by atoms with E-state index in [9.17, 15) is 9.90 Å². The van der Waals surface area contributed by atoms with E-state index >= 15 is 0 Å². The highest BCUT2D eigenvalue weighted by molar-refractivity contribution is 7.97. The predicted octanol–water partition coefficient (Wildman–Crippen LogP) is 2.96. The maximum Gasteiger partial charge on any atom is 0.278 e. The predicted molar refractivity (Wildman–Crippen MR) is 80.4 cm³/mol. The minimum atomic E-state index is -0.373. The van der Waals surface area contributed by atoms with Crippen molar-refractivity contribution in [3.8, 4) is 0 Å². The molecule has 102 valence electrons. The summed E-state index contributed by atoms with van der Waals surface area (Å²) in [6.45, 7) is 0. The van der Waals surface area contributed by atoms with Gasteiger partial charge in [-0.1, -0.05) is 12.1 Å². The first-order valence-corrected chi connectivity index (χ1v) is 7.47. The zero-order valence-corrected chi connectivity index (χ0v) is 12.2. The molecule has 0 saturated heterocycles. The molecule has 1 aromatic carbocycles. The number of likely N-dealkylation sites (N-methyl/N-ethyl adjacent to an activating group) is 1. The van der Waals surface area contributed by atoms with Crippen molar-refractivity contribution in [1.29, 1.82) is 0 Å². The van der Waals surface area contributed by atoms with Crippen LogP contribution in [0.15, 0.2) is 46.4 Å². The highest BCUT2D eigenvalue weighted by Crippen LogP contribution is 2.38. The summed E-state index contributed by atoms with van der Waals surface area (Å²) >= 11 is 2.73. The molecule has 0 radical (unpaired) electrons. The molecule has 5 nitrogen and oxygen atoms in total. The van der Waals surface area contributed by atoms with Crippen molar-refractivity contribution in [2.24, 2.45) is 0 Å². The molecule has 2 N–H and O–H groups in total. The lowest BCUT2D eigenvalue weighted by Crippen LogP contribution is -2.27. The Bertz CT molecular complexity index is 683. The van der Waals surface area contributed by atoms with E-state index in [0.29, 0.717) is 10.7 Å². The molecule has 2 heterocycles. The second kappa shape index (κ2) is 5.18. The molecule has 0 saturated carbocycles. The second-order valence-corrected chi connectivity index (χ2v) is 6.14. The Morgan fingerprint density at radius 1 is 1.40 bits per heavy atom. The molecule has 3 rings (SSSR count). The molecule has 0 unspecified atom stereocenters. The third-order valence-electron chi connectivity index (χ3n) is 2.78. The van der Waals surface area contributed by atoms with Crippen molar-refractivity contribution in [1.82, 2.24) is 9.29 Å². The Labute approximate surface area is 124 Å². The van der Waals surface area contributed by atoms with Crippen LogP contribution in [0.3, 0.4) is 0 Å². The van der Waals surface area contributed by atoms with Gasteiger partial charge in [-0.2, -0.15) is 0 Å². The first-order chi connectivity index (χ1) is 9.66. The number of fused-ring (bicyclic) bond motifs is 1. The molecule has 1 amide bonds. The standard InChI is InChI=1S/C13H11N3O2S2/c1-16-10(12(18)15-13-14-6-7-19-13)11(17)8-4-2-3-5-9(8)20-16/h2-7,17H,1H3,(H,14,15,18). The summed E-state index contributed by atoms with van der Waals surface area (Å²) < 4.78 is 1.65. The first-order valence-electron chi connectivity index (χ1n) is 5.82. The van der Waals surface area contributed by atoms with E-state index in [1.807, 2.05) is 18.2 Å². The molecule has 1 aliphatic heterocycles. The number of aliphatic hydroxyl groups excluding tert-OH is 1. The number of aromatic nitrogens is 1. The fourth-order valence-electron chi connectivity index (χ4n) is 1.90. The van der Waals surface area contributed by atoms with Crippen LogP contribution in [0.25, 0.3) is 5.76 Å². The number of thiazole rings is 1. The number of hydrogen-bond acceptors (Lipinski definition) is 6. The quantitative estimate of drug-likeness (QED) is 0.835. The van der Waals surface area contributed by atoms with Gasteiger partial charge in [-0.25, -0.2) is 4.98 Å². The van der Waals surface area contributed by atoms with Gasteiger partial charge in [0.25, 0.3) is 5.91 Å². The van der Waals surface area contributed by atoms with Gasteiger partial charge in [0, 0.05) is 29.1 Å². The smallest absolute Gasteiger partial charge is 0.278 e. The van der Waals surface area contributed by atoms with Crippen LogP contribution < -0.4 is 5.32 Å². The highest BCUT2D eigenvalue weighted by Gasteiger charge is 2.28. The molecular formula is C13H11N3O2S2. The van der Waals surface area contributed by atoms with Crippen LogP contribution in [0, 0.1) is 0 Å². The summed E-state index contributed by atoms with van der Waals surface area (Å²) in [7, 11) is 1.74. The molecule has 7 heteroatoms. The van der Waals surface area contributed by atoms with E-state index in [4.69, 9.17) is 0 Å². The number of carbonyl (C=O) groups is 1. The summed E-state index contributed by atoms with van der Waals surface area (Å²) in [6.07, 6.45) is 1.61. The number of carbonyl (C=O) groups excluding carboxylic acids is 1. The minimum absolute atomic E-state index is 0.0177. The Morgan fingerprint density at radius 2 is 2.20 bits per heavy atom. The van der Waals surface area contributed by atoms with Crippen LogP contribution in [-0.4, -0.2) is 27.4 Å². The van der Waals surface area contributed by atoms with Gasteiger partial charge in [-0.3, -0.25) is 10.1 Å². The summed E-state index contributed by atoms with van der Waals surface area (Å²) in [5, 5.41) is 15.3. The van der Waals surface area contributed by atoms with Crippen LogP contribution in [0.2, 0.25) is 0 Å². The van der Waals surface area contributed by atoms with Crippen molar-refractivity contribution in [3.05, 3.63) is 47.1 Å². The topological polar surface area (TPSA) is 65.5 Å². The van der Waals surface area contributed by atoms with Gasteiger partial charge in [-0.15, -0.1) is 11.3 Å². The summed E-state index contributed by atoms with van der Waals surface area (Å²) in [4.78, 5) is 17.2. The van der Waals surface area contributed by atoms with Gasteiger partial charge in [-0.05, 0) is 24.1 Å². The number of nitrogens with one attached hydrogen (secondary N) is 1. The second-order valence-electron chi connectivity index (χ2n) is 4.07. The zero-order chi connectivity index (χ0) is 14.1. The fourth-order valence-corrected chi connectivity index (χ4v) is 3.39. The molecule has 0 atom stereocenters. The molecule has 20 heavy (non-hydrogen) atoms. The van der Waals surface area contributed by atoms with E-state index in [0.717, 1.165) is 4.90 Å². The van der Waals surface area contributed by atoms with Crippen molar-refractivity contribution in [3.63, 3.8) is 0 Å². The van der Waals surface area contributed by atoms with Crippen LogP contribution in [0.1, 0.15) is 5.56 Å². The van der Waals surface area contributed by atoms with E-state index in [2.05, 4.69) is 10.3 Å². The van der Waals surface area contributed by atoms with Crippen molar-refractivity contribution in [2.45, 2.75) is 4.90 Å². The SMILES string of the molecule is CN1Sc2ccccc2C(O)=C1C(=O)Nc1nccs1. The van der Waals surface area contributed by atoms with Gasteiger partial charge in [0.15, 0.2) is 16.6 Å². The summed E-state index contributed by atoms with van der Waals surface area (Å²) in [5.74, 6) is -0.391. The molecule has 0 fully saturated rings. The van der Waals surface area contributed by atoms with Gasteiger partial charge in [0.2, 0.25) is 0 Å². The van der Waals surface area contributed by atoms with E-state index < -0.39 is 0 Å². The molecule has 1 aliphatic rings. The molecule has 0 aliphatic carbocycles. The lowest BCUT2D eigenvalue weighted by atomic mass is 10.1. The van der Waals surface area contributed by atoms with Crippen LogP contribution >= 0.6 is 23.3 Å². The van der Waals surface area contributed by atoms with Crippen molar-refractivity contribution < 1.29 is 9.90 Å². The number of benzene rings is 1. The van der Waals surface area contributed by atoms with Crippen LogP contribution in [0.5, 0.6) is 0 Å². The Kier molecular flexibility index (Phi) is 3.37. The molecule has 1 aromatic heterocycles. The lowest BCUT2D eigenvalue weighted by molar-refractivity contribution is -0.113. The monoisotopic (exact) mass is 305 g/mol. The average Bonchev–Trinajstić information content (AvgIpc) is 2.91. The van der Waals surface area contributed by atoms with E-state index in [1.165, 1.54) is 23.3 Å². The number of anilines is 1. The van der Waals surface area contributed by atoms with E-state index in [-0.39, 0.29) is 17.4 Å². The lowest BCUT2D eigenvalue weighted by Gasteiger charge is -2.27. The Hall–Kier alpha value is -1.99. The first kappa shape index (κ1) is 13.0. The maximum atomic E-state index is 12.3. The van der Waals surface area contributed by atoms with Gasteiger partial charge < -0.3 is 9.41 Å². The third kappa shape index (κ3) is 2.25. The Morgan fingerprint density at radius 3 is 2.95 bits per heavy atom. The average molecular weight is 305 g/mol. The highest BCUT2D eigenvalue weighted by atomic mass is 32.2. The summed E-state index contributed by atoms with van der Waals surface area (Å²) in [5.41, 5.74) is 0.892. The number of aliphatic hydroxyl groups is 1. The van der Waals surface area contributed by atoms with Gasteiger partial charge in [0.05, 0.1) is 0 Å². The number of nitrogens with zero attached hydrogens (tertiary/aromatic N) is 2. The fraction of sp³-hybridized carbons (Fsp3) is 0.0769. The van der Waals surface area contributed by atoms with Gasteiger partial charge in [0.1, 0.15) is 0 Å². The minimum Gasteiger partial charge on any atom is -0.505 e. The van der Waals surface area contributed by atoms with Crippen molar-refractivity contribution in [2.75, 3.05) is 12.4 Å². The van der Waals surface area contributed by atoms with E-state index in [1.54, 1.807) is 29.0 Å². The molecule has 0 spiro atoms. The number of rotatable bonds is 2. The number of amides is 1. The van der Waals surface area contributed by atoms with Crippen LogP contribution in [0.4, 0.5) is 5.13 Å². The third-order valence-corrected chi connectivity index (χ3v) is 4.48. The molecular weight excluding hydrogens is 294 g/mol. The zero-order valence-electron chi connectivity index (χ0n) is 10.5. The Balaban J connectivity index is 1.97. The van der Waals surface area contributed by atoms with Gasteiger partial charge >= 0.3 is 0 Å². The molecule has 0 bridgehead atoms. The molecule has 2 aromatic rings. The summed E-state index contributed by atoms with van der Waals surface area (Å²) in [6, 6.07) is 7.43. The normalized spacial score (nSPS) is 14.2. The maximum absolute atomic E-state index is 12.3. The number of hydrogen-bond donors (Lipinski definition) is 2. The largest absolute Gasteiger partial charge is 0.505 e. The van der Waals surface area contributed by atoms with Crippen molar-refractivity contribution >= 4 is 40.1 Å².